The highest BCUT2D eigenvalue weighted by molar-refractivity contribution is 5.93. The zero-order chi connectivity index (χ0) is 16.0. The number of hydrogen-bond acceptors (Lipinski definition) is 5. The second-order valence-electron chi connectivity index (χ2n) is 3.93. The van der Waals surface area contributed by atoms with Gasteiger partial charge in [0.05, 0.1) is 7.11 Å². The van der Waals surface area contributed by atoms with E-state index in [1.54, 1.807) is 5.32 Å². The van der Waals surface area contributed by atoms with Crippen molar-refractivity contribution in [3.63, 3.8) is 0 Å². The van der Waals surface area contributed by atoms with Crippen molar-refractivity contribution in [1.82, 2.24) is 5.32 Å². The highest BCUT2D eigenvalue weighted by Gasteiger charge is 2.27. The molecule has 0 heterocycles. The molecule has 1 rings (SSSR count). The molecule has 6 nitrogen and oxygen atoms in total. The molecule has 116 valence electrons. The number of ether oxygens (including phenoxy) is 2. The molecule has 0 saturated heterocycles. The first-order valence-electron chi connectivity index (χ1n) is 5.67. The quantitative estimate of drug-likeness (QED) is 0.628. The zero-order valence-corrected chi connectivity index (χ0v) is 11.0. The molecular formula is C12H13F3N2O4. The van der Waals surface area contributed by atoms with Crippen LogP contribution >= 0.6 is 0 Å². The Hall–Kier alpha value is -2.45. The Kier molecular flexibility index (Phi) is 5.39. The number of anilines is 1. The van der Waals surface area contributed by atoms with Crippen LogP contribution in [0.1, 0.15) is 10.4 Å². The maximum Gasteiger partial charge on any atom is 0.405 e. The monoisotopic (exact) mass is 306 g/mol. The number of nitrogens with one attached hydrogen (secondary N) is 1. The van der Waals surface area contributed by atoms with Gasteiger partial charge in [-0.3, -0.25) is 4.79 Å². The molecule has 21 heavy (non-hydrogen) atoms. The fourth-order valence-electron chi connectivity index (χ4n) is 1.34. The topological polar surface area (TPSA) is 90.7 Å². The first kappa shape index (κ1) is 16.6. The third-order valence-corrected chi connectivity index (χ3v) is 2.25. The zero-order valence-electron chi connectivity index (χ0n) is 11.0. The minimum absolute atomic E-state index is 0.0155. The predicted molar refractivity (Wildman–Crippen MR) is 66.8 cm³/mol. The van der Waals surface area contributed by atoms with E-state index in [1.165, 1.54) is 18.2 Å². The fraction of sp³-hybridized carbons (Fsp3) is 0.333. The Bertz CT molecular complexity index is 532. The second kappa shape index (κ2) is 6.82. The van der Waals surface area contributed by atoms with Gasteiger partial charge in [0.25, 0.3) is 5.91 Å². The van der Waals surface area contributed by atoms with Crippen molar-refractivity contribution in [1.29, 1.82) is 0 Å². The molecule has 0 aliphatic rings. The Labute approximate surface area is 118 Å². The second-order valence-corrected chi connectivity index (χ2v) is 3.93. The van der Waals surface area contributed by atoms with Crippen LogP contribution in [0.5, 0.6) is 5.75 Å². The van der Waals surface area contributed by atoms with Crippen LogP contribution in [0.3, 0.4) is 0 Å². The molecule has 0 saturated carbocycles. The number of methoxy groups -OCH3 is 1. The summed E-state index contributed by atoms with van der Waals surface area (Å²) in [5.41, 5.74) is 5.74. The number of alkyl halides is 3. The molecule has 1 amide bonds. The number of nitrogens with two attached hydrogens (primary N) is 1. The van der Waals surface area contributed by atoms with Gasteiger partial charge in [-0.25, -0.2) is 4.79 Å². The van der Waals surface area contributed by atoms with Crippen molar-refractivity contribution in [2.45, 2.75) is 6.18 Å². The highest BCUT2D eigenvalue weighted by atomic mass is 19.4. The van der Waals surface area contributed by atoms with Gasteiger partial charge >= 0.3 is 12.1 Å². The molecule has 1 aromatic rings. The molecule has 9 heteroatoms. The highest BCUT2D eigenvalue weighted by Crippen LogP contribution is 2.22. The number of hydrogen-bond donors (Lipinski definition) is 2. The number of nitrogen functional groups attached to an aromatic ring is 1. The van der Waals surface area contributed by atoms with E-state index in [0.29, 0.717) is 0 Å². The summed E-state index contributed by atoms with van der Waals surface area (Å²) < 4.78 is 45.2. The van der Waals surface area contributed by atoms with Crippen molar-refractivity contribution >= 4 is 17.6 Å². The third kappa shape index (κ3) is 5.59. The van der Waals surface area contributed by atoms with Crippen molar-refractivity contribution in [3.8, 4) is 5.75 Å². The Morgan fingerprint density at radius 3 is 2.57 bits per heavy atom. The molecule has 3 N–H and O–H groups in total. The molecule has 0 aliphatic carbocycles. The van der Waals surface area contributed by atoms with Gasteiger partial charge in [0, 0.05) is 5.69 Å². The minimum atomic E-state index is -4.51. The number of carbonyl (C=O) groups is 2. The predicted octanol–water partition coefficient (Wildman–Crippen LogP) is 1.11. The van der Waals surface area contributed by atoms with Gasteiger partial charge in [-0.2, -0.15) is 13.2 Å². The Balaban J connectivity index is 2.67. The number of rotatable bonds is 5. The SMILES string of the molecule is COC(=O)c1cc(N)ccc1OCC(=O)NCC(F)(F)F. The van der Waals surface area contributed by atoms with Gasteiger partial charge in [-0.05, 0) is 18.2 Å². The van der Waals surface area contributed by atoms with Gasteiger partial charge in [0.2, 0.25) is 0 Å². The van der Waals surface area contributed by atoms with Gasteiger partial charge in [-0.15, -0.1) is 0 Å². The number of esters is 1. The lowest BCUT2D eigenvalue weighted by molar-refractivity contribution is -0.139. The lowest BCUT2D eigenvalue weighted by atomic mass is 10.2. The fourth-order valence-corrected chi connectivity index (χ4v) is 1.34. The lowest BCUT2D eigenvalue weighted by Crippen LogP contribution is -2.36. The summed E-state index contributed by atoms with van der Waals surface area (Å²) in [4.78, 5) is 22.7. The van der Waals surface area contributed by atoms with E-state index in [1.807, 2.05) is 0 Å². The molecule has 1 aromatic carbocycles. The smallest absolute Gasteiger partial charge is 0.405 e. The summed E-state index contributed by atoms with van der Waals surface area (Å²) in [6.45, 7) is -2.13. The van der Waals surface area contributed by atoms with Crippen LogP contribution in [0, 0.1) is 0 Å². The molecule has 0 unspecified atom stereocenters. The number of benzene rings is 1. The van der Waals surface area contributed by atoms with E-state index in [2.05, 4.69) is 4.74 Å². The Morgan fingerprint density at radius 1 is 1.33 bits per heavy atom. The summed E-state index contributed by atoms with van der Waals surface area (Å²) in [7, 11) is 1.14. The van der Waals surface area contributed by atoms with E-state index in [4.69, 9.17) is 10.5 Å². The molecule has 0 aliphatic heterocycles. The first-order chi connectivity index (χ1) is 9.73. The standard InChI is InChI=1S/C12H13F3N2O4/c1-20-11(19)8-4-7(16)2-3-9(8)21-5-10(18)17-6-12(13,14)15/h2-4H,5-6,16H2,1H3,(H,17,18). The van der Waals surface area contributed by atoms with E-state index in [9.17, 15) is 22.8 Å². The van der Waals surface area contributed by atoms with Crippen molar-refractivity contribution in [2.75, 3.05) is 26.0 Å². The maximum absolute atomic E-state index is 11.9. The minimum Gasteiger partial charge on any atom is -0.483 e. The average Bonchev–Trinajstić information content (AvgIpc) is 2.42. The third-order valence-electron chi connectivity index (χ3n) is 2.25. The lowest BCUT2D eigenvalue weighted by Gasteiger charge is -2.12. The maximum atomic E-state index is 11.9. The van der Waals surface area contributed by atoms with Crippen molar-refractivity contribution in [2.24, 2.45) is 0 Å². The summed E-state index contributed by atoms with van der Waals surface area (Å²) in [6.07, 6.45) is -4.51. The van der Waals surface area contributed by atoms with E-state index >= 15 is 0 Å². The molecule has 0 aromatic heterocycles. The molecule has 0 bridgehead atoms. The first-order valence-corrected chi connectivity index (χ1v) is 5.67. The van der Waals surface area contributed by atoms with E-state index in [0.717, 1.165) is 7.11 Å². The largest absolute Gasteiger partial charge is 0.483 e. The van der Waals surface area contributed by atoms with Crippen molar-refractivity contribution < 1.29 is 32.2 Å². The number of halogens is 3. The summed E-state index contributed by atoms with van der Waals surface area (Å²) in [6, 6.07) is 4.00. The number of carbonyl (C=O) groups excluding carboxylic acids is 2. The Morgan fingerprint density at radius 2 is 2.00 bits per heavy atom. The van der Waals surface area contributed by atoms with Crippen LogP contribution in [0.15, 0.2) is 18.2 Å². The van der Waals surface area contributed by atoms with Crippen LogP contribution in [-0.2, 0) is 9.53 Å². The normalized spacial score (nSPS) is 10.9. The molecule has 0 fully saturated rings. The van der Waals surface area contributed by atoms with Crippen molar-refractivity contribution in [3.05, 3.63) is 23.8 Å². The van der Waals surface area contributed by atoms with Gasteiger partial charge in [0.1, 0.15) is 17.9 Å². The van der Waals surface area contributed by atoms with Crippen LogP contribution in [-0.4, -0.2) is 38.3 Å². The van der Waals surface area contributed by atoms with Crippen LogP contribution in [0.2, 0.25) is 0 Å². The van der Waals surface area contributed by atoms with E-state index < -0.39 is 31.2 Å². The summed E-state index contributed by atoms with van der Waals surface area (Å²) in [5.74, 6) is -1.73. The molecule has 0 spiro atoms. The van der Waals surface area contributed by atoms with Gasteiger partial charge in [-0.1, -0.05) is 0 Å². The van der Waals surface area contributed by atoms with E-state index in [-0.39, 0.29) is 17.0 Å². The molecule has 0 radical (unpaired) electrons. The van der Waals surface area contributed by atoms with Gasteiger partial charge < -0.3 is 20.5 Å². The number of amides is 1. The van der Waals surface area contributed by atoms with Crippen LogP contribution in [0.25, 0.3) is 0 Å². The van der Waals surface area contributed by atoms with Crippen LogP contribution < -0.4 is 15.8 Å². The van der Waals surface area contributed by atoms with Crippen LogP contribution in [0.4, 0.5) is 18.9 Å². The average molecular weight is 306 g/mol. The molecular weight excluding hydrogens is 293 g/mol. The van der Waals surface area contributed by atoms with Gasteiger partial charge in [0.15, 0.2) is 6.61 Å². The summed E-state index contributed by atoms with van der Waals surface area (Å²) >= 11 is 0. The summed E-state index contributed by atoms with van der Waals surface area (Å²) in [5, 5.41) is 1.64. The molecule has 0 atom stereocenters.